The van der Waals surface area contributed by atoms with Crippen molar-refractivity contribution in [3.63, 3.8) is 0 Å². The first-order valence-electron chi connectivity index (χ1n) is 6.01. The van der Waals surface area contributed by atoms with Crippen molar-refractivity contribution in [2.75, 3.05) is 11.4 Å². The van der Waals surface area contributed by atoms with Crippen LogP contribution < -0.4 is 4.90 Å². The van der Waals surface area contributed by atoms with Gasteiger partial charge in [-0.25, -0.2) is 0 Å². The van der Waals surface area contributed by atoms with Crippen LogP contribution in [0, 0.1) is 0 Å². The van der Waals surface area contributed by atoms with Crippen molar-refractivity contribution in [2.24, 2.45) is 5.11 Å². The zero-order valence-electron chi connectivity index (χ0n) is 10.4. The highest BCUT2D eigenvalue weighted by atomic mass is 32.2. The molecule has 0 saturated carbocycles. The topological polar surface area (TPSA) is 69.1 Å². The number of nitrogens with zero attached hydrogens (tertiary/aromatic N) is 4. The van der Waals surface area contributed by atoms with E-state index in [2.05, 4.69) is 10.0 Å². The van der Waals surface area contributed by atoms with Gasteiger partial charge in [0, 0.05) is 14.7 Å². The lowest BCUT2D eigenvalue weighted by atomic mass is 10.2. The van der Waals surface area contributed by atoms with E-state index in [1.807, 2.05) is 48.5 Å². The van der Waals surface area contributed by atoms with Gasteiger partial charge in [-0.05, 0) is 29.8 Å². The van der Waals surface area contributed by atoms with Gasteiger partial charge in [-0.2, -0.15) is 0 Å². The molecule has 0 radical (unpaired) electrons. The molecule has 0 saturated heterocycles. The Morgan fingerprint density at radius 1 is 1.10 bits per heavy atom. The Kier molecular flexibility index (Phi) is 3.33. The number of azide groups is 1. The van der Waals surface area contributed by atoms with E-state index in [9.17, 15) is 4.79 Å². The Morgan fingerprint density at radius 3 is 2.20 bits per heavy atom. The van der Waals surface area contributed by atoms with E-state index in [1.165, 1.54) is 0 Å². The summed E-state index contributed by atoms with van der Waals surface area (Å²) in [4.78, 5) is 18.6. The molecule has 0 aromatic heterocycles. The first kappa shape index (κ1) is 12.6. The average Bonchev–Trinajstić information content (AvgIpc) is 2.50. The second kappa shape index (κ2) is 5.28. The van der Waals surface area contributed by atoms with Crippen LogP contribution in [-0.4, -0.2) is 12.5 Å². The Labute approximate surface area is 119 Å². The van der Waals surface area contributed by atoms with Crippen LogP contribution in [-0.2, 0) is 4.79 Å². The molecule has 0 unspecified atom stereocenters. The summed E-state index contributed by atoms with van der Waals surface area (Å²) in [5.41, 5.74) is 10.0. The third-order valence-electron chi connectivity index (χ3n) is 2.95. The van der Waals surface area contributed by atoms with Gasteiger partial charge >= 0.3 is 0 Å². The Morgan fingerprint density at radius 2 is 1.65 bits per heavy atom. The molecule has 0 bridgehead atoms. The number of rotatable bonds is 2. The quantitative estimate of drug-likeness (QED) is 0.472. The highest BCUT2D eigenvalue weighted by Crippen LogP contribution is 2.47. The van der Waals surface area contributed by atoms with E-state index >= 15 is 0 Å². The fraction of sp³-hybridized carbons (Fsp3) is 0.0714. The van der Waals surface area contributed by atoms with Gasteiger partial charge in [0.25, 0.3) is 0 Å². The molecular formula is C14H10N4OS. The fourth-order valence-electron chi connectivity index (χ4n) is 2.14. The van der Waals surface area contributed by atoms with Crippen LogP contribution in [0.2, 0.25) is 0 Å². The van der Waals surface area contributed by atoms with E-state index in [-0.39, 0.29) is 12.5 Å². The number of para-hydroxylation sites is 2. The molecule has 1 aliphatic rings. The monoisotopic (exact) mass is 282 g/mol. The molecule has 20 heavy (non-hydrogen) atoms. The molecule has 0 fully saturated rings. The van der Waals surface area contributed by atoms with Gasteiger partial charge in [0.2, 0.25) is 5.91 Å². The number of benzene rings is 2. The van der Waals surface area contributed by atoms with Crippen LogP contribution in [0.3, 0.4) is 0 Å². The maximum Gasteiger partial charge on any atom is 0.237 e. The van der Waals surface area contributed by atoms with Gasteiger partial charge in [-0.1, -0.05) is 41.1 Å². The molecule has 0 N–H and O–H groups in total. The van der Waals surface area contributed by atoms with Crippen LogP contribution in [0.5, 0.6) is 0 Å². The third-order valence-corrected chi connectivity index (χ3v) is 4.08. The predicted molar refractivity (Wildman–Crippen MR) is 78.2 cm³/mol. The Balaban J connectivity index is 2.12. The van der Waals surface area contributed by atoms with Crippen LogP contribution in [0.1, 0.15) is 0 Å². The molecule has 6 heteroatoms. The van der Waals surface area contributed by atoms with E-state index in [0.29, 0.717) is 0 Å². The van der Waals surface area contributed by atoms with Crippen molar-refractivity contribution in [2.45, 2.75) is 9.79 Å². The molecule has 0 spiro atoms. The van der Waals surface area contributed by atoms with E-state index in [1.54, 1.807) is 16.7 Å². The zero-order chi connectivity index (χ0) is 13.9. The first-order valence-corrected chi connectivity index (χ1v) is 6.82. The Hall–Kier alpha value is -2.43. The molecular weight excluding hydrogens is 272 g/mol. The van der Waals surface area contributed by atoms with Gasteiger partial charge in [-0.3, -0.25) is 9.69 Å². The third kappa shape index (κ3) is 2.11. The van der Waals surface area contributed by atoms with Crippen molar-refractivity contribution >= 4 is 29.0 Å². The fourth-order valence-corrected chi connectivity index (χ4v) is 3.19. The Bertz CT molecular complexity index is 679. The maximum absolute atomic E-state index is 12.3. The van der Waals surface area contributed by atoms with Crippen LogP contribution >= 0.6 is 11.8 Å². The number of fused-ring (bicyclic) bond motifs is 2. The summed E-state index contributed by atoms with van der Waals surface area (Å²) in [5.74, 6) is -0.233. The molecule has 5 nitrogen and oxygen atoms in total. The summed E-state index contributed by atoms with van der Waals surface area (Å²) in [6, 6.07) is 15.4. The summed E-state index contributed by atoms with van der Waals surface area (Å²) in [6.07, 6.45) is 0. The minimum atomic E-state index is -0.233. The second-order valence-electron chi connectivity index (χ2n) is 4.16. The summed E-state index contributed by atoms with van der Waals surface area (Å²) in [7, 11) is 0. The van der Waals surface area contributed by atoms with Gasteiger partial charge in [0.1, 0.15) is 6.54 Å². The minimum Gasteiger partial charge on any atom is -0.279 e. The summed E-state index contributed by atoms with van der Waals surface area (Å²) in [5, 5.41) is 3.38. The average molecular weight is 282 g/mol. The SMILES string of the molecule is [N-]=[N+]=NCC(=O)N1c2ccccc2Sc2ccccc21. The lowest BCUT2D eigenvalue weighted by Gasteiger charge is -2.30. The van der Waals surface area contributed by atoms with E-state index < -0.39 is 0 Å². The number of hydrogen-bond acceptors (Lipinski definition) is 3. The number of carbonyl (C=O) groups excluding carboxylic acids is 1. The van der Waals surface area contributed by atoms with Crippen LogP contribution in [0.4, 0.5) is 11.4 Å². The lowest BCUT2D eigenvalue weighted by Crippen LogP contribution is -2.30. The normalized spacial score (nSPS) is 12.1. The van der Waals surface area contributed by atoms with Crippen molar-refractivity contribution in [3.05, 3.63) is 59.0 Å². The lowest BCUT2D eigenvalue weighted by molar-refractivity contribution is -0.116. The molecule has 2 aromatic rings. The van der Waals surface area contributed by atoms with Gasteiger partial charge in [0.15, 0.2) is 0 Å². The molecule has 0 atom stereocenters. The number of anilines is 2. The summed E-state index contributed by atoms with van der Waals surface area (Å²) < 4.78 is 0. The molecule has 1 amide bonds. The molecule has 98 valence electrons. The second-order valence-corrected chi connectivity index (χ2v) is 5.24. The van der Waals surface area contributed by atoms with Crippen molar-refractivity contribution in [1.82, 2.24) is 0 Å². The standard InChI is InChI=1S/C14H10N4OS/c15-17-16-9-14(19)18-10-5-1-3-7-12(10)20-13-8-4-2-6-11(13)18/h1-8H,9H2. The van der Waals surface area contributed by atoms with Gasteiger partial charge in [0.05, 0.1) is 11.4 Å². The largest absolute Gasteiger partial charge is 0.279 e. The van der Waals surface area contributed by atoms with Gasteiger partial charge < -0.3 is 0 Å². The highest BCUT2D eigenvalue weighted by molar-refractivity contribution is 7.99. The van der Waals surface area contributed by atoms with E-state index in [0.717, 1.165) is 21.2 Å². The van der Waals surface area contributed by atoms with Crippen molar-refractivity contribution < 1.29 is 4.79 Å². The molecule has 1 aliphatic heterocycles. The predicted octanol–water partition coefficient (Wildman–Crippen LogP) is 4.13. The maximum atomic E-state index is 12.3. The molecule has 0 aliphatic carbocycles. The summed E-state index contributed by atoms with van der Waals surface area (Å²) in [6.45, 7) is -0.191. The zero-order valence-corrected chi connectivity index (χ0v) is 11.2. The minimum absolute atomic E-state index is 0.191. The summed E-state index contributed by atoms with van der Waals surface area (Å²) >= 11 is 1.63. The van der Waals surface area contributed by atoms with Crippen LogP contribution in [0.15, 0.2) is 63.4 Å². The van der Waals surface area contributed by atoms with E-state index in [4.69, 9.17) is 5.53 Å². The molecule has 3 rings (SSSR count). The number of hydrogen-bond donors (Lipinski definition) is 0. The van der Waals surface area contributed by atoms with Crippen LogP contribution in [0.25, 0.3) is 10.4 Å². The first-order chi connectivity index (χ1) is 9.81. The van der Waals surface area contributed by atoms with Crippen molar-refractivity contribution in [1.29, 1.82) is 0 Å². The number of amides is 1. The van der Waals surface area contributed by atoms with Crippen molar-refractivity contribution in [3.8, 4) is 0 Å². The van der Waals surface area contributed by atoms with Gasteiger partial charge in [-0.15, -0.1) is 0 Å². The molecule has 2 aromatic carbocycles. The highest BCUT2D eigenvalue weighted by Gasteiger charge is 2.26. The number of carbonyl (C=O) groups is 1. The smallest absolute Gasteiger partial charge is 0.237 e. The molecule has 1 heterocycles.